The van der Waals surface area contributed by atoms with Crippen LogP contribution in [0, 0.1) is 11.6 Å². The number of nitrogens with one attached hydrogen (secondary N) is 1. The summed E-state index contributed by atoms with van der Waals surface area (Å²) < 4.78 is 64.4. The molecule has 2 nitrogen and oxygen atoms in total. The molecule has 1 fully saturated rings. The standard InChI is InChI=1S/C10H9F5N2/c11-6-3-5(16)4-7(12)8(6)17-9(1-2-9)10(13,14)15/h3-4,17H,1-2,16H2. The maximum absolute atomic E-state index is 13.3. The third-order valence-corrected chi connectivity index (χ3v) is 2.72. The number of nitrogens with two attached hydrogens (primary N) is 1. The highest BCUT2D eigenvalue weighted by Gasteiger charge is 2.63. The fourth-order valence-corrected chi connectivity index (χ4v) is 1.56. The highest BCUT2D eigenvalue weighted by molar-refractivity contribution is 5.56. The van der Waals surface area contributed by atoms with Gasteiger partial charge in [-0.1, -0.05) is 0 Å². The fraction of sp³-hybridized carbons (Fsp3) is 0.400. The topological polar surface area (TPSA) is 38.0 Å². The molecule has 0 bridgehead atoms. The third kappa shape index (κ3) is 2.01. The normalized spacial score (nSPS) is 17.9. The number of alkyl halides is 3. The lowest BCUT2D eigenvalue weighted by Gasteiger charge is -2.22. The highest BCUT2D eigenvalue weighted by atomic mass is 19.4. The van der Waals surface area contributed by atoms with Gasteiger partial charge in [0.1, 0.15) is 11.2 Å². The molecule has 1 aliphatic rings. The summed E-state index contributed by atoms with van der Waals surface area (Å²) in [4.78, 5) is 0. The van der Waals surface area contributed by atoms with Gasteiger partial charge in [0.05, 0.1) is 0 Å². The summed E-state index contributed by atoms with van der Waals surface area (Å²) in [6.45, 7) is 0. The number of anilines is 2. The first-order chi connectivity index (χ1) is 7.75. The number of halogens is 5. The van der Waals surface area contributed by atoms with Gasteiger partial charge >= 0.3 is 6.18 Å². The van der Waals surface area contributed by atoms with Crippen LogP contribution in [0.3, 0.4) is 0 Å². The quantitative estimate of drug-likeness (QED) is 0.627. The first-order valence-electron chi connectivity index (χ1n) is 4.85. The maximum Gasteiger partial charge on any atom is 0.411 e. The lowest BCUT2D eigenvalue weighted by molar-refractivity contribution is -0.151. The average Bonchev–Trinajstić information content (AvgIpc) is 2.90. The molecule has 0 radical (unpaired) electrons. The number of nitrogen functional groups attached to an aromatic ring is 1. The van der Waals surface area contributed by atoms with Gasteiger partial charge in [0.15, 0.2) is 11.6 Å². The van der Waals surface area contributed by atoms with Gasteiger partial charge in [-0.2, -0.15) is 13.2 Å². The molecule has 3 N–H and O–H groups in total. The van der Waals surface area contributed by atoms with Crippen molar-refractivity contribution in [1.29, 1.82) is 0 Å². The van der Waals surface area contributed by atoms with E-state index < -0.39 is 29.0 Å². The van der Waals surface area contributed by atoms with Crippen molar-refractivity contribution >= 4 is 11.4 Å². The molecule has 0 amide bonds. The van der Waals surface area contributed by atoms with E-state index in [2.05, 4.69) is 0 Å². The Kier molecular flexibility index (Phi) is 2.44. The third-order valence-electron chi connectivity index (χ3n) is 2.72. The predicted octanol–water partition coefficient (Wildman–Crippen LogP) is 3.05. The van der Waals surface area contributed by atoms with Crippen molar-refractivity contribution in [2.24, 2.45) is 0 Å². The van der Waals surface area contributed by atoms with Crippen LogP contribution < -0.4 is 11.1 Å². The van der Waals surface area contributed by atoms with Crippen molar-refractivity contribution in [2.45, 2.75) is 24.6 Å². The minimum atomic E-state index is -4.53. The van der Waals surface area contributed by atoms with Gasteiger partial charge in [-0.05, 0) is 25.0 Å². The molecule has 94 valence electrons. The van der Waals surface area contributed by atoms with Crippen molar-refractivity contribution in [3.05, 3.63) is 23.8 Å². The first kappa shape index (κ1) is 11.9. The van der Waals surface area contributed by atoms with E-state index in [1.807, 2.05) is 5.32 Å². The van der Waals surface area contributed by atoms with E-state index in [-0.39, 0.29) is 18.5 Å². The van der Waals surface area contributed by atoms with E-state index in [1.54, 1.807) is 0 Å². The Morgan fingerprint density at radius 1 is 1.12 bits per heavy atom. The first-order valence-corrected chi connectivity index (χ1v) is 4.85. The van der Waals surface area contributed by atoms with E-state index in [1.165, 1.54) is 0 Å². The Balaban J connectivity index is 2.32. The van der Waals surface area contributed by atoms with Gasteiger partial charge in [-0.25, -0.2) is 8.78 Å². The molecule has 1 aromatic carbocycles. The smallest absolute Gasteiger partial charge is 0.399 e. The Morgan fingerprint density at radius 2 is 1.59 bits per heavy atom. The summed E-state index contributed by atoms with van der Waals surface area (Å²) in [5.74, 6) is -2.25. The molecular formula is C10H9F5N2. The minimum absolute atomic E-state index is 0.178. The molecule has 17 heavy (non-hydrogen) atoms. The number of rotatable bonds is 2. The largest absolute Gasteiger partial charge is 0.411 e. The SMILES string of the molecule is Nc1cc(F)c(NC2(C(F)(F)F)CC2)c(F)c1. The molecule has 0 saturated heterocycles. The number of hydrogen-bond acceptors (Lipinski definition) is 2. The molecular weight excluding hydrogens is 243 g/mol. The van der Waals surface area contributed by atoms with Crippen molar-refractivity contribution in [3.63, 3.8) is 0 Å². The molecule has 0 aliphatic heterocycles. The summed E-state index contributed by atoms with van der Waals surface area (Å²) in [6, 6.07) is 1.55. The lowest BCUT2D eigenvalue weighted by Crippen LogP contribution is -2.39. The van der Waals surface area contributed by atoms with Crippen LogP contribution in [-0.2, 0) is 0 Å². The van der Waals surface area contributed by atoms with Gasteiger partial charge < -0.3 is 11.1 Å². The number of benzene rings is 1. The van der Waals surface area contributed by atoms with Crippen molar-refractivity contribution in [2.75, 3.05) is 11.1 Å². The van der Waals surface area contributed by atoms with Crippen LogP contribution in [0.25, 0.3) is 0 Å². The summed E-state index contributed by atoms with van der Waals surface area (Å²) >= 11 is 0. The molecule has 1 saturated carbocycles. The monoisotopic (exact) mass is 252 g/mol. The lowest BCUT2D eigenvalue weighted by atomic mass is 10.2. The molecule has 0 heterocycles. The van der Waals surface area contributed by atoms with Crippen LogP contribution in [0.15, 0.2) is 12.1 Å². The Labute approximate surface area is 93.6 Å². The van der Waals surface area contributed by atoms with Crippen molar-refractivity contribution < 1.29 is 22.0 Å². The minimum Gasteiger partial charge on any atom is -0.399 e. The molecule has 0 aromatic heterocycles. The van der Waals surface area contributed by atoms with Crippen LogP contribution >= 0.6 is 0 Å². The molecule has 1 aliphatic carbocycles. The second-order valence-electron chi connectivity index (χ2n) is 4.06. The summed E-state index contributed by atoms with van der Waals surface area (Å²) in [5.41, 5.74) is 2.00. The van der Waals surface area contributed by atoms with E-state index in [9.17, 15) is 22.0 Å². The number of hydrogen-bond donors (Lipinski definition) is 2. The Morgan fingerprint density at radius 3 is 1.94 bits per heavy atom. The molecule has 0 atom stereocenters. The van der Waals surface area contributed by atoms with E-state index in [0.29, 0.717) is 0 Å². The summed E-state index contributed by atoms with van der Waals surface area (Å²) in [7, 11) is 0. The Bertz CT molecular complexity index is 427. The zero-order chi connectivity index (χ0) is 12.8. The van der Waals surface area contributed by atoms with E-state index >= 15 is 0 Å². The van der Waals surface area contributed by atoms with Crippen molar-refractivity contribution in [1.82, 2.24) is 0 Å². The van der Waals surface area contributed by atoms with Crippen LogP contribution in [0.5, 0.6) is 0 Å². The highest BCUT2D eigenvalue weighted by Crippen LogP contribution is 2.51. The van der Waals surface area contributed by atoms with Gasteiger partial charge in [-0.3, -0.25) is 0 Å². The Hall–Kier alpha value is -1.53. The second-order valence-corrected chi connectivity index (χ2v) is 4.06. The zero-order valence-corrected chi connectivity index (χ0v) is 8.54. The van der Waals surface area contributed by atoms with Crippen LogP contribution in [0.4, 0.5) is 33.3 Å². The molecule has 2 rings (SSSR count). The van der Waals surface area contributed by atoms with Crippen molar-refractivity contribution in [3.8, 4) is 0 Å². The van der Waals surface area contributed by atoms with Crippen LogP contribution in [0.2, 0.25) is 0 Å². The average molecular weight is 252 g/mol. The van der Waals surface area contributed by atoms with Crippen LogP contribution in [-0.4, -0.2) is 11.7 Å². The fourth-order valence-electron chi connectivity index (χ4n) is 1.56. The van der Waals surface area contributed by atoms with Crippen LogP contribution in [0.1, 0.15) is 12.8 Å². The second kappa shape index (κ2) is 3.48. The summed E-state index contributed by atoms with van der Waals surface area (Å²) in [5, 5.41) is 1.90. The van der Waals surface area contributed by atoms with Gasteiger partial charge in [0.2, 0.25) is 0 Å². The molecule has 0 spiro atoms. The van der Waals surface area contributed by atoms with Gasteiger partial charge in [-0.15, -0.1) is 0 Å². The molecule has 1 aromatic rings. The zero-order valence-electron chi connectivity index (χ0n) is 8.54. The molecule has 7 heteroatoms. The molecule has 0 unspecified atom stereocenters. The van der Waals surface area contributed by atoms with Gasteiger partial charge in [0.25, 0.3) is 0 Å². The summed E-state index contributed by atoms with van der Waals surface area (Å²) in [6.07, 6.45) is -4.92. The predicted molar refractivity (Wildman–Crippen MR) is 52.4 cm³/mol. The maximum atomic E-state index is 13.3. The van der Waals surface area contributed by atoms with E-state index in [4.69, 9.17) is 5.73 Å². The van der Waals surface area contributed by atoms with E-state index in [0.717, 1.165) is 12.1 Å². The van der Waals surface area contributed by atoms with Gasteiger partial charge in [0, 0.05) is 5.69 Å².